The number of anilines is 3. The predicted molar refractivity (Wildman–Crippen MR) is 304 cm³/mol. The molecule has 350 valence electrons. The molecule has 0 fully saturated rings. The van der Waals surface area contributed by atoms with Crippen molar-refractivity contribution in [3.8, 4) is 67.5 Å². The molecule has 2 spiro atoms. The van der Waals surface area contributed by atoms with Gasteiger partial charge >= 0.3 is 0 Å². The van der Waals surface area contributed by atoms with Crippen molar-refractivity contribution in [3.63, 3.8) is 0 Å². The molecule has 0 aromatic heterocycles. The Morgan fingerprint density at radius 3 is 1.39 bits per heavy atom. The quantitative estimate of drug-likeness (QED) is 0.172. The van der Waals surface area contributed by atoms with Crippen molar-refractivity contribution in [2.75, 3.05) is 4.90 Å². The molecule has 16 rings (SSSR count). The number of ether oxygens (including phenoxy) is 2. The molecule has 0 saturated heterocycles. The minimum Gasteiger partial charge on any atom is -0.457 e. The molecule has 0 N–H and O–H groups in total. The monoisotopic (exact) mass is 955 g/mol. The molecule has 3 heteroatoms. The van der Waals surface area contributed by atoms with Gasteiger partial charge in [0.05, 0.1) is 22.2 Å². The van der Waals surface area contributed by atoms with Crippen LogP contribution in [0.5, 0.6) is 23.0 Å². The van der Waals surface area contributed by atoms with Crippen molar-refractivity contribution in [2.24, 2.45) is 0 Å². The summed E-state index contributed by atoms with van der Waals surface area (Å²) in [4.78, 5) is 2.53. The lowest BCUT2D eigenvalue weighted by molar-refractivity contribution is 0.436. The van der Waals surface area contributed by atoms with Crippen molar-refractivity contribution >= 4 is 27.8 Å². The topological polar surface area (TPSA) is 21.7 Å². The number of benzene rings is 12. The largest absolute Gasteiger partial charge is 0.457 e. The standard InChI is InChI=1S/C72H45NO2/c1-2-19-46(20-3-1)47-37-39-48(40-38-47)51-21-6-13-31-63(51)73(64-32-18-30-62-69(64)55-23-5-8-25-57(55)71(62)58-26-9-14-33-65(58)74-66-34-15-10-27-59(66)71)50-42-44-52-49(45-50)41-43-54-53-22-4-7-24-56(53)72(70(52)54)60-28-11-16-35-67(60)75-68-36-17-12-29-61(68)72/h1-45H. The van der Waals surface area contributed by atoms with Crippen molar-refractivity contribution in [2.45, 2.75) is 10.8 Å². The van der Waals surface area contributed by atoms with Gasteiger partial charge < -0.3 is 14.4 Å². The van der Waals surface area contributed by atoms with Crippen molar-refractivity contribution in [1.82, 2.24) is 0 Å². The molecule has 3 nitrogen and oxygen atoms in total. The maximum atomic E-state index is 6.77. The minimum atomic E-state index is -0.630. The zero-order valence-corrected chi connectivity index (χ0v) is 40.7. The normalized spacial score (nSPS) is 14.0. The van der Waals surface area contributed by atoms with Gasteiger partial charge in [-0.25, -0.2) is 0 Å². The molecule has 75 heavy (non-hydrogen) atoms. The van der Waals surface area contributed by atoms with Gasteiger partial charge in [0.1, 0.15) is 23.0 Å². The minimum absolute atomic E-state index is 0.606. The molecular formula is C72H45NO2. The molecule has 0 saturated carbocycles. The van der Waals surface area contributed by atoms with Gasteiger partial charge in [0.25, 0.3) is 0 Å². The van der Waals surface area contributed by atoms with Crippen LogP contribution in [0.25, 0.3) is 55.3 Å². The Balaban J connectivity index is 0.970. The summed E-state index contributed by atoms with van der Waals surface area (Å²) in [5, 5.41) is 2.37. The van der Waals surface area contributed by atoms with E-state index in [0.29, 0.717) is 0 Å². The maximum Gasteiger partial charge on any atom is 0.132 e. The molecule has 2 heterocycles. The molecule has 0 atom stereocenters. The van der Waals surface area contributed by atoms with Crippen molar-refractivity contribution < 1.29 is 9.47 Å². The number of hydrogen-bond acceptors (Lipinski definition) is 3. The lowest BCUT2D eigenvalue weighted by atomic mass is 9.65. The lowest BCUT2D eigenvalue weighted by Gasteiger charge is -2.40. The Bertz CT molecular complexity index is 4230. The van der Waals surface area contributed by atoms with Crippen LogP contribution >= 0.6 is 0 Å². The van der Waals surface area contributed by atoms with Crippen LogP contribution < -0.4 is 14.4 Å². The van der Waals surface area contributed by atoms with E-state index in [4.69, 9.17) is 9.47 Å². The van der Waals surface area contributed by atoms with E-state index in [9.17, 15) is 0 Å². The Hall–Kier alpha value is -9.70. The summed E-state index contributed by atoms with van der Waals surface area (Å²) in [5.41, 5.74) is 21.2. The second kappa shape index (κ2) is 15.9. The van der Waals surface area contributed by atoms with Crippen LogP contribution in [-0.4, -0.2) is 0 Å². The van der Waals surface area contributed by atoms with Gasteiger partial charge in [-0.3, -0.25) is 0 Å². The Kier molecular flexibility index (Phi) is 8.88. The third-order valence-electron chi connectivity index (χ3n) is 16.6. The van der Waals surface area contributed by atoms with Crippen LogP contribution in [0, 0.1) is 0 Å². The van der Waals surface area contributed by atoms with Crippen LogP contribution in [0.3, 0.4) is 0 Å². The molecule has 0 radical (unpaired) electrons. The molecule has 2 aliphatic heterocycles. The van der Waals surface area contributed by atoms with Gasteiger partial charge in [-0.05, 0) is 115 Å². The fourth-order valence-electron chi connectivity index (χ4n) is 13.7. The van der Waals surface area contributed by atoms with Gasteiger partial charge in [-0.15, -0.1) is 0 Å². The first-order valence-electron chi connectivity index (χ1n) is 25.9. The van der Waals surface area contributed by atoms with E-state index in [1.54, 1.807) is 0 Å². The number of para-hydroxylation sites is 5. The summed E-state index contributed by atoms with van der Waals surface area (Å²) in [6.07, 6.45) is 0. The zero-order valence-electron chi connectivity index (χ0n) is 40.7. The van der Waals surface area contributed by atoms with E-state index in [1.165, 1.54) is 61.0 Å². The van der Waals surface area contributed by atoms with Gasteiger partial charge in [0.15, 0.2) is 0 Å². The highest BCUT2D eigenvalue weighted by Crippen LogP contribution is 2.66. The summed E-state index contributed by atoms with van der Waals surface area (Å²) in [6.45, 7) is 0. The second-order valence-corrected chi connectivity index (χ2v) is 20.2. The maximum absolute atomic E-state index is 6.77. The summed E-state index contributed by atoms with van der Waals surface area (Å²) in [7, 11) is 0. The van der Waals surface area contributed by atoms with E-state index in [0.717, 1.165) is 78.8 Å². The van der Waals surface area contributed by atoms with Crippen molar-refractivity contribution in [1.29, 1.82) is 0 Å². The van der Waals surface area contributed by atoms with Crippen LogP contribution in [-0.2, 0) is 10.8 Å². The molecule has 4 aliphatic rings. The molecule has 0 amide bonds. The molecule has 12 aromatic carbocycles. The summed E-state index contributed by atoms with van der Waals surface area (Å²) >= 11 is 0. The highest BCUT2D eigenvalue weighted by molar-refractivity contribution is 6.05. The number of rotatable bonds is 5. The van der Waals surface area contributed by atoms with E-state index < -0.39 is 10.8 Å². The molecular weight excluding hydrogens is 911 g/mol. The lowest BCUT2D eigenvalue weighted by Crippen LogP contribution is -2.32. The zero-order chi connectivity index (χ0) is 49.2. The third-order valence-corrected chi connectivity index (χ3v) is 16.6. The van der Waals surface area contributed by atoms with Gasteiger partial charge in [0, 0.05) is 39.1 Å². The van der Waals surface area contributed by atoms with Crippen LogP contribution in [0.1, 0.15) is 44.5 Å². The first-order chi connectivity index (χ1) is 37.2. The first kappa shape index (κ1) is 41.9. The molecule has 0 unspecified atom stereocenters. The average Bonchev–Trinajstić information content (AvgIpc) is 4.16. The van der Waals surface area contributed by atoms with E-state index in [2.05, 4.69) is 278 Å². The highest BCUT2D eigenvalue weighted by Gasteiger charge is 2.53. The Morgan fingerprint density at radius 1 is 0.280 bits per heavy atom. The van der Waals surface area contributed by atoms with E-state index in [1.807, 2.05) is 0 Å². The highest BCUT2D eigenvalue weighted by atomic mass is 16.5. The Morgan fingerprint density at radius 2 is 0.747 bits per heavy atom. The number of hydrogen-bond donors (Lipinski definition) is 0. The SMILES string of the molecule is c1ccc(-c2ccc(-c3ccccc3N(c3ccc4c5c(ccc4c3)-c3ccccc3C53c4ccccc4Oc4ccccc43)c3cccc4c3-c3ccccc3C43c4ccccc4Oc4ccccc43)cc2)cc1. The van der Waals surface area contributed by atoms with Gasteiger partial charge in [-0.2, -0.15) is 0 Å². The predicted octanol–water partition coefficient (Wildman–Crippen LogP) is 18.6. The van der Waals surface area contributed by atoms with Crippen LogP contribution in [0.15, 0.2) is 273 Å². The third kappa shape index (κ3) is 5.70. The fourth-order valence-corrected chi connectivity index (χ4v) is 13.7. The first-order valence-corrected chi connectivity index (χ1v) is 25.9. The van der Waals surface area contributed by atoms with Crippen LogP contribution in [0.2, 0.25) is 0 Å². The van der Waals surface area contributed by atoms with Crippen LogP contribution in [0.4, 0.5) is 17.1 Å². The van der Waals surface area contributed by atoms with E-state index in [-0.39, 0.29) is 0 Å². The molecule has 0 bridgehead atoms. The number of fused-ring (bicyclic) bond motifs is 20. The smallest absolute Gasteiger partial charge is 0.132 e. The van der Waals surface area contributed by atoms with Gasteiger partial charge in [-0.1, -0.05) is 224 Å². The summed E-state index contributed by atoms with van der Waals surface area (Å²) in [6, 6.07) is 100.0. The average molecular weight is 956 g/mol. The van der Waals surface area contributed by atoms with Gasteiger partial charge in [0.2, 0.25) is 0 Å². The summed E-state index contributed by atoms with van der Waals surface area (Å²) in [5.74, 6) is 3.53. The van der Waals surface area contributed by atoms with Crippen molar-refractivity contribution in [3.05, 3.63) is 317 Å². The molecule has 12 aromatic rings. The fraction of sp³-hybridized carbons (Fsp3) is 0.0278. The second-order valence-electron chi connectivity index (χ2n) is 20.2. The Labute approximate surface area is 435 Å². The summed E-state index contributed by atoms with van der Waals surface area (Å²) < 4.78 is 13.5. The number of nitrogens with zero attached hydrogens (tertiary/aromatic N) is 1. The van der Waals surface area contributed by atoms with E-state index >= 15 is 0 Å². The molecule has 2 aliphatic carbocycles.